The Kier molecular flexibility index (Phi) is 4.86. The van der Waals surface area contributed by atoms with Crippen molar-refractivity contribution in [3.63, 3.8) is 0 Å². The molecule has 1 saturated heterocycles. The maximum Gasteiger partial charge on any atom is 0.253 e. The Bertz CT molecular complexity index is 917. The van der Waals surface area contributed by atoms with E-state index in [9.17, 15) is 13.2 Å². The van der Waals surface area contributed by atoms with Gasteiger partial charge in [-0.1, -0.05) is 36.4 Å². The minimum Gasteiger partial charge on any atom is -0.338 e. The van der Waals surface area contributed by atoms with Crippen LogP contribution in [0.25, 0.3) is 0 Å². The van der Waals surface area contributed by atoms with Crippen LogP contribution in [0.2, 0.25) is 0 Å². The highest BCUT2D eigenvalue weighted by atomic mass is 32.2. The number of nitriles is 1. The molecule has 1 heterocycles. The number of hydrogen-bond donors (Lipinski definition) is 0. The third-order valence-corrected chi connectivity index (χ3v) is 6.56. The van der Waals surface area contributed by atoms with Gasteiger partial charge >= 0.3 is 0 Å². The highest BCUT2D eigenvalue weighted by molar-refractivity contribution is 7.91. The Morgan fingerprint density at radius 2 is 1.84 bits per heavy atom. The van der Waals surface area contributed by atoms with Gasteiger partial charge in [0.25, 0.3) is 5.91 Å². The van der Waals surface area contributed by atoms with Gasteiger partial charge in [-0.05, 0) is 30.2 Å². The number of carbonyl (C=O) groups excluding carboxylic acids is 1. The van der Waals surface area contributed by atoms with Crippen molar-refractivity contribution in [2.45, 2.75) is 11.7 Å². The molecular formula is C19H18N2O3S. The van der Waals surface area contributed by atoms with Crippen molar-refractivity contribution >= 4 is 15.7 Å². The molecule has 1 atom stereocenters. The van der Waals surface area contributed by atoms with Crippen LogP contribution in [0.15, 0.2) is 54.6 Å². The molecule has 1 aliphatic rings. The van der Waals surface area contributed by atoms with Crippen molar-refractivity contribution in [3.8, 4) is 6.07 Å². The Hall–Kier alpha value is -2.65. The lowest BCUT2D eigenvalue weighted by molar-refractivity contribution is 0.0766. The molecule has 0 spiro atoms. The summed E-state index contributed by atoms with van der Waals surface area (Å²) in [5, 5.41) is 8.39. The molecule has 2 aromatic rings. The Labute approximate surface area is 147 Å². The number of sulfone groups is 1. The highest BCUT2D eigenvalue weighted by Crippen LogP contribution is 2.29. The summed E-state index contributed by atoms with van der Waals surface area (Å²) < 4.78 is 25.3. The largest absolute Gasteiger partial charge is 0.338 e. The lowest BCUT2D eigenvalue weighted by Crippen LogP contribution is -2.33. The quantitative estimate of drug-likeness (QED) is 0.830. The van der Waals surface area contributed by atoms with Crippen LogP contribution in [0.5, 0.6) is 0 Å². The number of amides is 1. The number of hydrogen-bond acceptors (Lipinski definition) is 4. The fourth-order valence-electron chi connectivity index (χ4n) is 3.09. The van der Waals surface area contributed by atoms with Gasteiger partial charge in [-0.2, -0.15) is 5.26 Å². The molecule has 0 aromatic heterocycles. The smallest absolute Gasteiger partial charge is 0.253 e. The molecule has 5 nitrogen and oxygen atoms in total. The normalized spacial score (nSPS) is 19.6. The first kappa shape index (κ1) is 17.2. The Morgan fingerprint density at radius 1 is 1.08 bits per heavy atom. The van der Waals surface area contributed by atoms with E-state index in [1.807, 2.05) is 36.4 Å². The summed E-state index contributed by atoms with van der Waals surface area (Å²) in [5.74, 6) is -0.294. The molecule has 3 rings (SSSR count). The average Bonchev–Trinajstić information content (AvgIpc) is 2.80. The second-order valence-corrected chi connectivity index (χ2v) is 8.34. The van der Waals surface area contributed by atoms with Gasteiger partial charge in [0.2, 0.25) is 0 Å². The Balaban J connectivity index is 1.83. The molecular weight excluding hydrogens is 336 g/mol. The predicted molar refractivity (Wildman–Crippen MR) is 94.6 cm³/mol. The van der Waals surface area contributed by atoms with Crippen molar-refractivity contribution in [1.29, 1.82) is 5.26 Å². The van der Waals surface area contributed by atoms with E-state index < -0.39 is 15.1 Å². The maximum atomic E-state index is 12.7. The fourth-order valence-corrected chi connectivity index (χ4v) is 4.89. The summed E-state index contributed by atoms with van der Waals surface area (Å²) in [6.45, 7) is 0.537. The minimum absolute atomic E-state index is 0.0593. The van der Waals surface area contributed by atoms with Gasteiger partial charge in [-0.3, -0.25) is 4.79 Å². The zero-order chi connectivity index (χ0) is 17.9. The van der Waals surface area contributed by atoms with Crippen LogP contribution in [0.1, 0.15) is 33.2 Å². The van der Waals surface area contributed by atoms with Gasteiger partial charge in [-0.15, -0.1) is 0 Å². The van der Waals surface area contributed by atoms with Gasteiger partial charge in [0.15, 0.2) is 9.84 Å². The van der Waals surface area contributed by atoms with Crippen LogP contribution >= 0.6 is 0 Å². The molecule has 0 unspecified atom stereocenters. The van der Waals surface area contributed by atoms with Gasteiger partial charge in [0.05, 0.1) is 22.6 Å². The van der Waals surface area contributed by atoms with Gasteiger partial charge in [0.1, 0.15) is 0 Å². The molecule has 1 aliphatic heterocycles. The molecule has 0 N–H and O–H groups in total. The number of nitrogens with zero attached hydrogens (tertiary/aromatic N) is 2. The van der Waals surface area contributed by atoms with Crippen LogP contribution in [0.4, 0.5) is 0 Å². The van der Waals surface area contributed by atoms with Gasteiger partial charge in [-0.25, -0.2) is 8.42 Å². The average molecular weight is 354 g/mol. The van der Waals surface area contributed by atoms with E-state index in [-0.39, 0.29) is 18.2 Å². The van der Waals surface area contributed by atoms with Crippen molar-refractivity contribution in [2.75, 3.05) is 18.8 Å². The van der Waals surface area contributed by atoms with Crippen molar-refractivity contribution < 1.29 is 13.2 Å². The predicted octanol–water partition coefficient (Wildman–Crippen LogP) is 2.56. The summed E-state index contributed by atoms with van der Waals surface area (Å²) in [6, 6.07) is 17.6. The molecule has 128 valence electrons. The van der Waals surface area contributed by atoms with E-state index in [1.165, 1.54) is 6.07 Å². The molecule has 0 bridgehead atoms. The second kappa shape index (κ2) is 7.08. The van der Waals surface area contributed by atoms with Crippen molar-refractivity contribution in [1.82, 2.24) is 4.90 Å². The van der Waals surface area contributed by atoms with E-state index in [0.717, 1.165) is 5.56 Å². The summed E-state index contributed by atoms with van der Waals surface area (Å²) in [5.41, 5.74) is 1.59. The molecule has 2 aromatic carbocycles. The van der Waals surface area contributed by atoms with E-state index in [0.29, 0.717) is 24.1 Å². The fraction of sp³-hybridized carbons (Fsp3) is 0.263. The molecule has 0 radical (unpaired) electrons. The zero-order valence-electron chi connectivity index (χ0n) is 13.6. The third-order valence-electron chi connectivity index (χ3n) is 4.44. The first-order chi connectivity index (χ1) is 12.0. The van der Waals surface area contributed by atoms with E-state index in [2.05, 4.69) is 0 Å². The van der Waals surface area contributed by atoms with Crippen molar-refractivity contribution in [3.05, 3.63) is 71.3 Å². The number of carbonyl (C=O) groups is 1. The van der Waals surface area contributed by atoms with Crippen LogP contribution in [0, 0.1) is 11.3 Å². The third kappa shape index (κ3) is 3.72. The first-order valence-corrected chi connectivity index (χ1v) is 9.79. The van der Waals surface area contributed by atoms with E-state index in [1.54, 1.807) is 23.1 Å². The summed E-state index contributed by atoms with van der Waals surface area (Å²) in [7, 11) is -3.32. The second-order valence-electron chi connectivity index (χ2n) is 6.04. The van der Waals surface area contributed by atoms with Crippen LogP contribution < -0.4 is 0 Å². The SMILES string of the molecule is N#Cc1cccc(C(=O)N2CC[C@H](c3ccccc3)S(=O)(=O)CC2)c1. The monoisotopic (exact) mass is 354 g/mol. The lowest BCUT2D eigenvalue weighted by Gasteiger charge is -2.20. The summed E-state index contributed by atoms with van der Waals surface area (Å²) in [4.78, 5) is 14.3. The zero-order valence-corrected chi connectivity index (χ0v) is 14.4. The summed E-state index contributed by atoms with van der Waals surface area (Å²) >= 11 is 0. The lowest BCUT2D eigenvalue weighted by atomic mass is 10.1. The number of rotatable bonds is 2. The molecule has 0 aliphatic carbocycles. The molecule has 6 heteroatoms. The molecule has 0 saturated carbocycles. The van der Waals surface area contributed by atoms with Crippen LogP contribution in [0.3, 0.4) is 0 Å². The number of benzene rings is 2. The highest BCUT2D eigenvalue weighted by Gasteiger charge is 2.32. The van der Waals surface area contributed by atoms with E-state index >= 15 is 0 Å². The summed E-state index contributed by atoms with van der Waals surface area (Å²) in [6.07, 6.45) is 0.371. The van der Waals surface area contributed by atoms with Gasteiger partial charge < -0.3 is 4.90 Å². The maximum absolute atomic E-state index is 12.7. The van der Waals surface area contributed by atoms with Crippen LogP contribution in [-0.2, 0) is 9.84 Å². The minimum atomic E-state index is -3.32. The van der Waals surface area contributed by atoms with E-state index in [4.69, 9.17) is 5.26 Å². The molecule has 25 heavy (non-hydrogen) atoms. The van der Waals surface area contributed by atoms with Crippen LogP contribution in [-0.4, -0.2) is 38.1 Å². The standard InChI is InChI=1S/C19H18N2O3S/c20-14-15-5-4-8-17(13-15)19(22)21-10-9-18(25(23,24)12-11-21)16-6-2-1-3-7-16/h1-8,13,18H,9-12H2/t18-/m1/s1. The first-order valence-electron chi connectivity index (χ1n) is 8.07. The Morgan fingerprint density at radius 3 is 2.56 bits per heavy atom. The van der Waals surface area contributed by atoms with Gasteiger partial charge in [0, 0.05) is 18.7 Å². The topological polar surface area (TPSA) is 78.2 Å². The molecule has 1 fully saturated rings. The molecule has 1 amide bonds. The van der Waals surface area contributed by atoms with Crippen molar-refractivity contribution in [2.24, 2.45) is 0 Å².